The highest BCUT2D eigenvalue weighted by atomic mass is 35.5. The molecule has 8 nitrogen and oxygen atoms in total. The number of hydrogen-bond acceptors (Lipinski definition) is 5. The molecule has 2 atom stereocenters. The Morgan fingerprint density at radius 2 is 2.06 bits per heavy atom. The fraction of sp³-hybridized carbons (Fsp3) is 0.304. The van der Waals surface area contributed by atoms with Gasteiger partial charge in [0, 0.05) is 36.8 Å². The molecule has 33 heavy (non-hydrogen) atoms. The van der Waals surface area contributed by atoms with Crippen molar-refractivity contribution < 1.29 is 17.9 Å². The maximum absolute atomic E-state index is 12.8. The zero-order chi connectivity index (χ0) is 23.4. The van der Waals surface area contributed by atoms with Crippen molar-refractivity contribution in [2.45, 2.75) is 36.8 Å². The minimum atomic E-state index is -3.89. The SMILES string of the molecule is CC(NC(=O)c1ccc(Cl)c(S(=O)(=O)NCC2CCCO2)c1)c1ccc(-n2ccnc2)cc1. The molecule has 1 amide bonds. The summed E-state index contributed by atoms with van der Waals surface area (Å²) in [5.74, 6) is -0.395. The van der Waals surface area contributed by atoms with Crippen LogP contribution < -0.4 is 10.0 Å². The van der Waals surface area contributed by atoms with Crippen LogP contribution in [0.5, 0.6) is 0 Å². The number of hydrogen-bond donors (Lipinski definition) is 2. The molecule has 0 saturated carbocycles. The molecule has 1 aromatic heterocycles. The molecule has 3 aromatic rings. The number of carbonyl (C=O) groups excluding carboxylic acids is 1. The molecule has 2 aromatic carbocycles. The molecule has 174 valence electrons. The van der Waals surface area contributed by atoms with Gasteiger partial charge in [-0.2, -0.15) is 0 Å². The third-order valence-electron chi connectivity index (χ3n) is 5.55. The van der Waals surface area contributed by atoms with Crippen molar-refractivity contribution in [2.24, 2.45) is 0 Å². The van der Waals surface area contributed by atoms with Crippen LogP contribution in [0.15, 0.2) is 66.1 Å². The summed E-state index contributed by atoms with van der Waals surface area (Å²) in [5, 5.41) is 2.96. The second-order valence-corrected chi connectivity index (χ2v) is 10.0. The summed E-state index contributed by atoms with van der Waals surface area (Å²) in [6.45, 7) is 2.66. The molecule has 1 saturated heterocycles. The van der Waals surface area contributed by atoms with E-state index in [0.29, 0.717) is 6.61 Å². The lowest BCUT2D eigenvalue weighted by atomic mass is 10.1. The maximum Gasteiger partial charge on any atom is 0.251 e. The van der Waals surface area contributed by atoms with Gasteiger partial charge in [0.15, 0.2) is 0 Å². The Balaban J connectivity index is 1.44. The second-order valence-electron chi connectivity index (χ2n) is 7.89. The number of nitrogens with zero attached hydrogens (tertiary/aromatic N) is 2. The molecule has 2 N–H and O–H groups in total. The highest BCUT2D eigenvalue weighted by Gasteiger charge is 2.24. The maximum atomic E-state index is 12.8. The van der Waals surface area contributed by atoms with E-state index in [-0.39, 0.29) is 34.2 Å². The Kier molecular flexibility index (Phi) is 7.14. The first-order valence-electron chi connectivity index (χ1n) is 10.6. The zero-order valence-electron chi connectivity index (χ0n) is 18.1. The van der Waals surface area contributed by atoms with Gasteiger partial charge in [-0.1, -0.05) is 23.7 Å². The number of amides is 1. The summed E-state index contributed by atoms with van der Waals surface area (Å²) in [7, 11) is -3.89. The first-order chi connectivity index (χ1) is 15.8. The molecule has 1 fully saturated rings. The van der Waals surface area contributed by atoms with Crippen LogP contribution in [0.2, 0.25) is 5.02 Å². The van der Waals surface area contributed by atoms with Gasteiger partial charge in [0.2, 0.25) is 10.0 Å². The van der Waals surface area contributed by atoms with Crippen molar-refractivity contribution in [1.29, 1.82) is 0 Å². The molecular weight excluding hydrogens is 464 g/mol. The summed E-state index contributed by atoms with van der Waals surface area (Å²) >= 11 is 6.15. The Hall–Kier alpha value is -2.72. The third kappa shape index (κ3) is 5.62. The number of ether oxygens (including phenoxy) is 1. The average Bonchev–Trinajstić information content (AvgIpc) is 3.52. The van der Waals surface area contributed by atoms with Crippen LogP contribution >= 0.6 is 11.6 Å². The van der Waals surface area contributed by atoms with Crippen molar-refractivity contribution in [1.82, 2.24) is 19.6 Å². The summed E-state index contributed by atoms with van der Waals surface area (Å²) in [6.07, 6.45) is 6.83. The minimum Gasteiger partial charge on any atom is -0.377 e. The molecule has 2 unspecified atom stereocenters. The van der Waals surface area contributed by atoms with E-state index in [0.717, 1.165) is 24.1 Å². The Bertz CT molecular complexity index is 1210. The molecule has 2 heterocycles. The van der Waals surface area contributed by atoms with E-state index >= 15 is 0 Å². The van der Waals surface area contributed by atoms with E-state index in [2.05, 4.69) is 15.0 Å². The van der Waals surface area contributed by atoms with E-state index in [4.69, 9.17) is 16.3 Å². The van der Waals surface area contributed by atoms with Crippen LogP contribution in [0, 0.1) is 0 Å². The Morgan fingerprint density at radius 1 is 1.27 bits per heavy atom. The molecule has 0 aliphatic carbocycles. The lowest BCUT2D eigenvalue weighted by molar-refractivity contribution is 0.0939. The van der Waals surface area contributed by atoms with Crippen LogP contribution in [-0.2, 0) is 14.8 Å². The topological polar surface area (TPSA) is 102 Å². The average molecular weight is 489 g/mol. The summed E-state index contributed by atoms with van der Waals surface area (Å²) in [5.41, 5.74) is 2.07. The Labute approximate surface area is 198 Å². The van der Waals surface area contributed by atoms with Gasteiger partial charge in [0.25, 0.3) is 5.91 Å². The highest BCUT2D eigenvalue weighted by molar-refractivity contribution is 7.89. The summed E-state index contributed by atoms with van der Waals surface area (Å²) in [6, 6.07) is 11.7. The van der Waals surface area contributed by atoms with Gasteiger partial charge < -0.3 is 14.6 Å². The van der Waals surface area contributed by atoms with Crippen LogP contribution in [0.1, 0.15) is 41.7 Å². The fourth-order valence-corrected chi connectivity index (χ4v) is 5.24. The minimum absolute atomic E-state index is 0.0505. The van der Waals surface area contributed by atoms with E-state index in [1.807, 2.05) is 42.0 Å². The molecule has 0 radical (unpaired) electrons. The number of nitrogens with one attached hydrogen (secondary N) is 2. The number of halogens is 1. The Morgan fingerprint density at radius 3 is 2.73 bits per heavy atom. The quantitative estimate of drug-likeness (QED) is 0.505. The highest BCUT2D eigenvalue weighted by Crippen LogP contribution is 2.24. The number of sulfonamides is 1. The first-order valence-corrected chi connectivity index (χ1v) is 12.5. The summed E-state index contributed by atoms with van der Waals surface area (Å²) in [4.78, 5) is 16.7. The van der Waals surface area contributed by atoms with Gasteiger partial charge in [0.1, 0.15) is 4.90 Å². The lowest BCUT2D eigenvalue weighted by Gasteiger charge is -2.16. The standard InChI is InChI=1S/C23H25ClN4O4S/c1-16(17-4-7-19(8-5-17)28-11-10-25-15-28)27-23(29)18-6-9-21(24)22(13-18)33(30,31)26-14-20-3-2-12-32-20/h4-11,13,15-16,20,26H,2-3,12,14H2,1H3,(H,27,29). The molecule has 1 aliphatic rings. The zero-order valence-corrected chi connectivity index (χ0v) is 19.6. The van der Waals surface area contributed by atoms with E-state index in [9.17, 15) is 13.2 Å². The largest absolute Gasteiger partial charge is 0.377 e. The van der Waals surface area contributed by atoms with Gasteiger partial charge >= 0.3 is 0 Å². The van der Waals surface area contributed by atoms with Crippen molar-refractivity contribution in [2.75, 3.05) is 13.2 Å². The number of carbonyl (C=O) groups is 1. The van der Waals surface area contributed by atoms with Crippen LogP contribution in [0.4, 0.5) is 0 Å². The third-order valence-corrected chi connectivity index (χ3v) is 7.46. The van der Waals surface area contributed by atoms with Crippen LogP contribution in [0.25, 0.3) is 5.69 Å². The normalized spacial score (nSPS) is 17.1. The van der Waals surface area contributed by atoms with E-state index in [1.54, 1.807) is 12.5 Å². The van der Waals surface area contributed by atoms with Gasteiger partial charge in [-0.25, -0.2) is 18.1 Å². The molecule has 0 spiro atoms. The van der Waals surface area contributed by atoms with Crippen LogP contribution in [0.3, 0.4) is 0 Å². The molecule has 4 rings (SSSR count). The number of rotatable bonds is 8. The summed E-state index contributed by atoms with van der Waals surface area (Å²) < 4.78 is 35.4. The molecular formula is C23H25ClN4O4S. The van der Waals surface area contributed by atoms with Crippen molar-refractivity contribution in [3.8, 4) is 5.69 Å². The van der Waals surface area contributed by atoms with Crippen molar-refractivity contribution >= 4 is 27.5 Å². The smallest absolute Gasteiger partial charge is 0.251 e. The predicted octanol–water partition coefficient (Wildman–Crippen LogP) is 3.47. The van der Waals surface area contributed by atoms with Crippen molar-refractivity contribution in [3.63, 3.8) is 0 Å². The number of imidazole rings is 1. The van der Waals surface area contributed by atoms with Gasteiger partial charge in [-0.3, -0.25) is 4.79 Å². The monoisotopic (exact) mass is 488 g/mol. The second kappa shape index (κ2) is 10.0. The van der Waals surface area contributed by atoms with Gasteiger partial charge in [-0.05, 0) is 55.7 Å². The lowest BCUT2D eigenvalue weighted by Crippen LogP contribution is -2.32. The molecule has 1 aliphatic heterocycles. The van der Waals surface area contributed by atoms with Gasteiger partial charge in [-0.15, -0.1) is 0 Å². The molecule has 0 bridgehead atoms. The van der Waals surface area contributed by atoms with Crippen molar-refractivity contribution in [3.05, 3.63) is 77.3 Å². The number of aromatic nitrogens is 2. The van der Waals surface area contributed by atoms with E-state index < -0.39 is 15.9 Å². The predicted molar refractivity (Wildman–Crippen MR) is 125 cm³/mol. The molecule has 10 heteroatoms. The number of benzene rings is 2. The first kappa shape index (κ1) is 23.4. The fourth-order valence-electron chi connectivity index (χ4n) is 3.65. The van der Waals surface area contributed by atoms with Crippen LogP contribution in [-0.4, -0.2) is 43.1 Å². The van der Waals surface area contributed by atoms with E-state index in [1.165, 1.54) is 18.2 Å². The van der Waals surface area contributed by atoms with Gasteiger partial charge in [0.05, 0.1) is 23.5 Å².